The first kappa shape index (κ1) is 14.4. The normalized spacial score (nSPS) is 10.1. The molecule has 0 fully saturated rings. The van der Waals surface area contributed by atoms with Gasteiger partial charge in [-0.2, -0.15) is 5.26 Å². The number of hydrogen-bond donors (Lipinski definition) is 2. The molecule has 2 aromatic rings. The number of phenols is 1. The molecule has 0 saturated carbocycles. The van der Waals surface area contributed by atoms with Crippen molar-refractivity contribution in [3.05, 3.63) is 57.3 Å². The SMILES string of the molecule is N#Cc1ccc(NCc2cc(Cl)cc(Cl)c2O)c(F)c1. The zero-order valence-corrected chi connectivity index (χ0v) is 11.6. The fourth-order valence-corrected chi connectivity index (χ4v) is 2.21. The zero-order valence-electron chi connectivity index (χ0n) is 10.1. The van der Waals surface area contributed by atoms with Gasteiger partial charge in [-0.25, -0.2) is 4.39 Å². The van der Waals surface area contributed by atoms with Crippen LogP contribution in [0.2, 0.25) is 10.0 Å². The molecular weight excluding hydrogens is 302 g/mol. The highest BCUT2D eigenvalue weighted by Crippen LogP contribution is 2.31. The van der Waals surface area contributed by atoms with E-state index >= 15 is 0 Å². The van der Waals surface area contributed by atoms with Crippen LogP contribution in [0.15, 0.2) is 30.3 Å². The van der Waals surface area contributed by atoms with Crippen molar-refractivity contribution in [2.75, 3.05) is 5.32 Å². The molecule has 0 heterocycles. The van der Waals surface area contributed by atoms with Gasteiger partial charge in [-0.05, 0) is 30.3 Å². The number of aromatic hydroxyl groups is 1. The van der Waals surface area contributed by atoms with Gasteiger partial charge in [0.2, 0.25) is 0 Å². The number of nitrogens with zero attached hydrogens (tertiary/aromatic N) is 1. The van der Waals surface area contributed by atoms with E-state index in [0.29, 0.717) is 10.6 Å². The maximum absolute atomic E-state index is 13.7. The van der Waals surface area contributed by atoms with Crippen LogP contribution in [0.25, 0.3) is 0 Å². The van der Waals surface area contributed by atoms with E-state index < -0.39 is 5.82 Å². The first-order chi connectivity index (χ1) is 9.51. The van der Waals surface area contributed by atoms with E-state index in [0.717, 1.165) is 6.07 Å². The summed E-state index contributed by atoms with van der Waals surface area (Å²) in [4.78, 5) is 0. The molecular formula is C14H9Cl2FN2O. The lowest BCUT2D eigenvalue weighted by molar-refractivity contribution is 0.469. The van der Waals surface area contributed by atoms with E-state index in [4.69, 9.17) is 28.5 Å². The van der Waals surface area contributed by atoms with Crippen molar-refractivity contribution in [1.82, 2.24) is 0 Å². The summed E-state index contributed by atoms with van der Waals surface area (Å²) in [6.07, 6.45) is 0. The average molecular weight is 311 g/mol. The highest BCUT2D eigenvalue weighted by Gasteiger charge is 2.09. The number of benzene rings is 2. The predicted octanol–water partition coefficient (Wildman–Crippen LogP) is 4.32. The smallest absolute Gasteiger partial charge is 0.147 e. The molecule has 0 spiro atoms. The predicted molar refractivity (Wildman–Crippen MR) is 76.6 cm³/mol. The minimum absolute atomic E-state index is 0.0994. The number of nitrogens with one attached hydrogen (secondary N) is 1. The largest absolute Gasteiger partial charge is 0.506 e. The Balaban J connectivity index is 2.19. The van der Waals surface area contributed by atoms with Gasteiger partial charge in [0.25, 0.3) is 0 Å². The van der Waals surface area contributed by atoms with Crippen molar-refractivity contribution < 1.29 is 9.50 Å². The van der Waals surface area contributed by atoms with E-state index in [2.05, 4.69) is 5.32 Å². The minimum Gasteiger partial charge on any atom is -0.506 e. The van der Waals surface area contributed by atoms with Crippen LogP contribution in [0.5, 0.6) is 5.75 Å². The molecule has 0 aromatic heterocycles. The molecule has 0 saturated heterocycles. The van der Waals surface area contributed by atoms with Crippen LogP contribution in [0, 0.1) is 17.1 Å². The summed E-state index contributed by atoms with van der Waals surface area (Å²) in [6.45, 7) is 0.148. The Morgan fingerprint density at radius 2 is 2.00 bits per heavy atom. The van der Waals surface area contributed by atoms with Gasteiger partial charge in [-0.1, -0.05) is 23.2 Å². The van der Waals surface area contributed by atoms with Gasteiger partial charge in [0.15, 0.2) is 0 Å². The lowest BCUT2D eigenvalue weighted by Crippen LogP contribution is -2.02. The van der Waals surface area contributed by atoms with Crippen molar-refractivity contribution in [3.8, 4) is 11.8 Å². The molecule has 0 bridgehead atoms. The molecule has 0 unspecified atom stereocenters. The monoisotopic (exact) mass is 310 g/mol. The molecule has 2 rings (SSSR count). The van der Waals surface area contributed by atoms with Crippen LogP contribution in [-0.2, 0) is 6.54 Å². The number of anilines is 1. The summed E-state index contributed by atoms with van der Waals surface area (Å²) in [6, 6.07) is 8.89. The topological polar surface area (TPSA) is 56.0 Å². The Morgan fingerprint density at radius 1 is 1.25 bits per heavy atom. The van der Waals surface area contributed by atoms with Crippen LogP contribution in [0.4, 0.5) is 10.1 Å². The van der Waals surface area contributed by atoms with Crippen molar-refractivity contribution in [2.45, 2.75) is 6.54 Å². The third-order valence-electron chi connectivity index (χ3n) is 2.67. The maximum Gasteiger partial charge on any atom is 0.147 e. The molecule has 3 nitrogen and oxygen atoms in total. The second-order valence-electron chi connectivity index (χ2n) is 4.06. The summed E-state index contributed by atoms with van der Waals surface area (Å²) in [7, 11) is 0. The van der Waals surface area contributed by atoms with Crippen molar-refractivity contribution in [3.63, 3.8) is 0 Å². The van der Waals surface area contributed by atoms with Gasteiger partial charge >= 0.3 is 0 Å². The zero-order chi connectivity index (χ0) is 14.7. The van der Waals surface area contributed by atoms with Gasteiger partial charge < -0.3 is 10.4 Å². The highest BCUT2D eigenvalue weighted by atomic mass is 35.5. The molecule has 0 amide bonds. The second-order valence-corrected chi connectivity index (χ2v) is 4.90. The van der Waals surface area contributed by atoms with Gasteiger partial charge in [0, 0.05) is 17.1 Å². The van der Waals surface area contributed by atoms with E-state index in [1.165, 1.54) is 24.3 Å². The van der Waals surface area contributed by atoms with Gasteiger partial charge in [0.05, 0.1) is 22.3 Å². The summed E-state index contributed by atoms with van der Waals surface area (Å²) in [5.41, 5.74) is 0.910. The van der Waals surface area contributed by atoms with E-state index in [1.807, 2.05) is 6.07 Å². The molecule has 0 aliphatic rings. The molecule has 0 atom stereocenters. The molecule has 0 radical (unpaired) electrons. The van der Waals surface area contributed by atoms with Gasteiger partial charge in [0.1, 0.15) is 11.6 Å². The second kappa shape index (κ2) is 6.00. The van der Waals surface area contributed by atoms with E-state index in [1.54, 1.807) is 0 Å². The van der Waals surface area contributed by atoms with Crippen molar-refractivity contribution >= 4 is 28.9 Å². The van der Waals surface area contributed by atoms with Crippen molar-refractivity contribution in [1.29, 1.82) is 5.26 Å². The Labute approximate surface area is 125 Å². The first-order valence-electron chi connectivity index (χ1n) is 5.61. The first-order valence-corrected chi connectivity index (χ1v) is 6.37. The van der Waals surface area contributed by atoms with Crippen LogP contribution in [0.1, 0.15) is 11.1 Å². The van der Waals surface area contributed by atoms with Crippen molar-refractivity contribution in [2.24, 2.45) is 0 Å². The van der Waals surface area contributed by atoms with Gasteiger partial charge in [-0.3, -0.25) is 0 Å². The maximum atomic E-state index is 13.7. The summed E-state index contributed by atoms with van der Waals surface area (Å²) in [5, 5.41) is 21.8. The Kier molecular flexibility index (Phi) is 4.33. The standard InChI is InChI=1S/C14H9Cl2FN2O/c15-10-4-9(14(20)11(16)5-10)7-19-13-2-1-8(6-18)3-12(13)17/h1-5,19-20H,7H2. The van der Waals surface area contributed by atoms with Gasteiger partial charge in [-0.15, -0.1) is 0 Å². The highest BCUT2D eigenvalue weighted by molar-refractivity contribution is 6.35. The average Bonchev–Trinajstić information content (AvgIpc) is 2.42. The lowest BCUT2D eigenvalue weighted by atomic mass is 10.1. The Morgan fingerprint density at radius 3 is 2.65 bits per heavy atom. The fraction of sp³-hybridized carbons (Fsp3) is 0.0714. The van der Waals surface area contributed by atoms with Crippen LogP contribution < -0.4 is 5.32 Å². The van der Waals surface area contributed by atoms with Crippen LogP contribution in [0.3, 0.4) is 0 Å². The minimum atomic E-state index is -0.545. The molecule has 0 aliphatic heterocycles. The van der Waals surface area contributed by atoms with Crippen LogP contribution in [-0.4, -0.2) is 5.11 Å². The Hall–Kier alpha value is -1.96. The number of hydrogen-bond acceptors (Lipinski definition) is 3. The fourth-order valence-electron chi connectivity index (χ4n) is 1.67. The number of phenolic OH excluding ortho intramolecular Hbond substituents is 1. The van der Waals surface area contributed by atoms with E-state index in [9.17, 15) is 9.50 Å². The molecule has 6 heteroatoms. The number of halogens is 3. The quantitative estimate of drug-likeness (QED) is 0.887. The molecule has 20 heavy (non-hydrogen) atoms. The lowest BCUT2D eigenvalue weighted by Gasteiger charge is -2.10. The van der Waals surface area contributed by atoms with Crippen LogP contribution >= 0.6 is 23.2 Å². The Bertz CT molecular complexity index is 698. The summed E-state index contributed by atoms with van der Waals surface area (Å²) < 4.78 is 13.7. The summed E-state index contributed by atoms with van der Waals surface area (Å²) in [5.74, 6) is -0.644. The number of nitriles is 1. The third-order valence-corrected chi connectivity index (χ3v) is 3.18. The summed E-state index contributed by atoms with van der Waals surface area (Å²) >= 11 is 11.6. The number of rotatable bonds is 3. The molecule has 102 valence electrons. The molecule has 0 aliphatic carbocycles. The molecule has 2 aromatic carbocycles. The molecule has 2 N–H and O–H groups in total. The van der Waals surface area contributed by atoms with E-state index in [-0.39, 0.29) is 28.6 Å². The third kappa shape index (κ3) is 3.13.